The van der Waals surface area contributed by atoms with Crippen molar-refractivity contribution in [3.8, 4) is 5.75 Å². The maximum absolute atomic E-state index is 11.1. The SMILES string of the molecule is NNC(=O)N(N)c1ccc(OCCO)cc1. The Hall–Kier alpha value is -1.83. The zero-order chi connectivity index (χ0) is 12.0. The summed E-state index contributed by atoms with van der Waals surface area (Å²) in [5.41, 5.74) is 2.38. The Bertz CT molecular complexity index is 341. The number of carbonyl (C=O) groups is 1. The van der Waals surface area contributed by atoms with Crippen LogP contribution in [0.15, 0.2) is 24.3 Å². The van der Waals surface area contributed by atoms with Gasteiger partial charge >= 0.3 is 6.03 Å². The molecular formula is C9H14N4O3. The maximum atomic E-state index is 11.1. The molecule has 0 fully saturated rings. The first-order valence-electron chi connectivity index (χ1n) is 4.58. The van der Waals surface area contributed by atoms with E-state index < -0.39 is 6.03 Å². The summed E-state index contributed by atoms with van der Waals surface area (Å²) < 4.78 is 5.14. The van der Waals surface area contributed by atoms with Crippen molar-refractivity contribution in [1.82, 2.24) is 5.43 Å². The summed E-state index contributed by atoms with van der Waals surface area (Å²) in [6.45, 7) is 0.162. The number of hydrogen-bond donors (Lipinski definition) is 4. The highest BCUT2D eigenvalue weighted by molar-refractivity contribution is 5.90. The van der Waals surface area contributed by atoms with Gasteiger partial charge in [0.2, 0.25) is 0 Å². The second kappa shape index (κ2) is 5.91. The molecule has 0 aromatic heterocycles. The summed E-state index contributed by atoms with van der Waals surface area (Å²) in [4.78, 5) is 11.1. The standard InChI is InChI=1S/C9H14N4O3/c10-12-9(15)13(11)7-1-3-8(4-2-7)16-6-5-14/h1-4,14H,5-6,10-11H2,(H,12,15). The average Bonchev–Trinajstić information content (AvgIpc) is 2.35. The third kappa shape index (κ3) is 3.09. The molecule has 1 aromatic rings. The molecule has 0 radical (unpaired) electrons. The quantitative estimate of drug-likeness (QED) is 0.308. The van der Waals surface area contributed by atoms with E-state index in [-0.39, 0.29) is 13.2 Å². The molecule has 0 saturated heterocycles. The van der Waals surface area contributed by atoms with Gasteiger partial charge in [0.25, 0.3) is 0 Å². The second-order valence-corrected chi connectivity index (χ2v) is 2.89. The van der Waals surface area contributed by atoms with Crippen LogP contribution in [-0.2, 0) is 0 Å². The number of nitrogens with two attached hydrogens (primary N) is 2. The van der Waals surface area contributed by atoms with Crippen LogP contribution in [0.1, 0.15) is 0 Å². The number of nitrogens with one attached hydrogen (secondary N) is 1. The van der Waals surface area contributed by atoms with Gasteiger partial charge in [-0.2, -0.15) is 0 Å². The predicted molar refractivity (Wildman–Crippen MR) is 58.4 cm³/mol. The van der Waals surface area contributed by atoms with Crippen LogP contribution in [0.4, 0.5) is 10.5 Å². The first-order chi connectivity index (χ1) is 7.69. The van der Waals surface area contributed by atoms with Crippen molar-refractivity contribution in [2.45, 2.75) is 0 Å². The molecule has 0 saturated carbocycles. The van der Waals surface area contributed by atoms with Gasteiger partial charge in [-0.3, -0.25) is 5.43 Å². The Morgan fingerprint density at radius 3 is 2.56 bits per heavy atom. The Balaban J connectivity index is 2.67. The Morgan fingerprint density at radius 2 is 2.06 bits per heavy atom. The van der Waals surface area contributed by atoms with E-state index in [4.69, 9.17) is 21.5 Å². The molecule has 0 aliphatic carbocycles. The van der Waals surface area contributed by atoms with Gasteiger partial charge in [-0.15, -0.1) is 0 Å². The van der Waals surface area contributed by atoms with Crippen molar-refractivity contribution >= 4 is 11.7 Å². The average molecular weight is 226 g/mol. The van der Waals surface area contributed by atoms with Crippen LogP contribution in [0, 0.1) is 0 Å². The number of aliphatic hydroxyl groups is 1. The fraction of sp³-hybridized carbons (Fsp3) is 0.222. The van der Waals surface area contributed by atoms with Crippen LogP contribution in [0.2, 0.25) is 0 Å². The van der Waals surface area contributed by atoms with E-state index >= 15 is 0 Å². The highest BCUT2D eigenvalue weighted by Gasteiger charge is 2.09. The molecule has 1 rings (SSSR count). The van der Waals surface area contributed by atoms with E-state index in [2.05, 4.69) is 0 Å². The minimum Gasteiger partial charge on any atom is -0.491 e. The summed E-state index contributed by atoms with van der Waals surface area (Å²) in [6, 6.07) is 5.84. The lowest BCUT2D eigenvalue weighted by atomic mass is 10.3. The van der Waals surface area contributed by atoms with Crippen LogP contribution >= 0.6 is 0 Å². The highest BCUT2D eigenvalue weighted by atomic mass is 16.5. The number of carbonyl (C=O) groups excluding carboxylic acids is 1. The Kier molecular flexibility index (Phi) is 4.52. The van der Waals surface area contributed by atoms with Gasteiger partial charge < -0.3 is 9.84 Å². The first kappa shape index (κ1) is 12.2. The van der Waals surface area contributed by atoms with Crippen LogP contribution in [0.25, 0.3) is 0 Å². The second-order valence-electron chi connectivity index (χ2n) is 2.89. The number of hydrazine groups is 2. The van der Waals surface area contributed by atoms with E-state index in [9.17, 15) is 4.79 Å². The van der Waals surface area contributed by atoms with Crippen LogP contribution in [-0.4, -0.2) is 24.4 Å². The lowest BCUT2D eigenvalue weighted by Gasteiger charge is -2.15. The van der Waals surface area contributed by atoms with Crippen LogP contribution in [0.5, 0.6) is 5.75 Å². The summed E-state index contributed by atoms with van der Waals surface area (Å²) in [5, 5.41) is 9.43. The minimum atomic E-state index is -0.621. The molecule has 0 spiro atoms. The normalized spacial score (nSPS) is 9.69. The predicted octanol–water partition coefficient (Wildman–Crippen LogP) is -0.679. The smallest absolute Gasteiger partial charge is 0.350 e. The van der Waals surface area contributed by atoms with Gasteiger partial charge in [-0.1, -0.05) is 0 Å². The van der Waals surface area contributed by atoms with Crippen molar-refractivity contribution in [1.29, 1.82) is 0 Å². The lowest BCUT2D eigenvalue weighted by molar-refractivity contribution is 0.201. The van der Waals surface area contributed by atoms with Crippen molar-refractivity contribution in [2.24, 2.45) is 11.7 Å². The molecule has 7 heteroatoms. The molecule has 0 aliphatic heterocycles. The highest BCUT2D eigenvalue weighted by Crippen LogP contribution is 2.17. The zero-order valence-corrected chi connectivity index (χ0v) is 8.59. The first-order valence-corrected chi connectivity index (χ1v) is 4.58. The van der Waals surface area contributed by atoms with E-state index in [0.29, 0.717) is 11.4 Å². The Morgan fingerprint density at radius 1 is 1.44 bits per heavy atom. The molecule has 6 N–H and O–H groups in total. The molecule has 0 aliphatic rings. The van der Waals surface area contributed by atoms with Gasteiger partial charge in [0, 0.05) is 0 Å². The zero-order valence-electron chi connectivity index (χ0n) is 8.59. The number of hydrogen-bond acceptors (Lipinski definition) is 5. The number of nitrogens with zero attached hydrogens (tertiary/aromatic N) is 1. The molecule has 0 unspecified atom stereocenters. The number of rotatable bonds is 4. The van der Waals surface area contributed by atoms with Gasteiger partial charge in [0.05, 0.1) is 12.3 Å². The van der Waals surface area contributed by atoms with Crippen molar-refractivity contribution < 1.29 is 14.6 Å². The maximum Gasteiger partial charge on any atom is 0.350 e. The number of aliphatic hydroxyl groups excluding tert-OH is 1. The van der Waals surface area contributed by atoms with E-state index in [0.717, 1.165) is 5.01 Å². The number of anilines is 1. The topological polar surface area (TPSA) is 114 Å². The molecule has 2 amide bonds. The summed E-state index contributed by atoms with van der Waals surface area (Å²) >= 11 is 0. The fourth-order valence-electron chi connectivity index (χ4n) is 1.05. The van der Waals surface area contributed by atoms with E-state index in [1.165, 1.54) is 0 Å². The molecule has 0 bridgehead atoms. The third-order valence-corrected chi connectivity index (χ3v) is 1.82. The molecule has 1 aromatic carbocycles. The molecule has 0 atom stereocenters. The number of urea groups is 1. The largest absolute Gasteiger partial charge is 0.491 e. The molecular weight excluding hydrogens is 212 g/mol. The van der Waals surface area contributed by atoms with Crippen molar-refractivity contribution in [3.63, 3.8) is 0 Å². The van der Waals surface area contributed by atoms with Crippen molar-refractivity contribution in [3.05, 3.63) is 24.3 Å². The molecule has 16 heavy (non-hydrogen) atoms. The number of benzene rings is 1. The third-order valence-electron chi connectivity index (χ3n) is 1.82. The van der Waals surface area contributed by atoms with Gasteiger partial charge in [0.15, 0.2) is 0 Å². The van der Waals surface area contributed by atoms with Gasteiger partial charge in [-0.25, -0.2) is 21.5 Å². The number of ether oxygens (including phenoxy) is 1. The van der Waals surface area contributed by atoms with Crippen molar-refractivity contribution in [2.75, 3.05) is 18.2 Å². The molecule has 88 valence electrons. The Labute approximate surface area is 92.5 Å². The van der Waals surface area contributed by atoms with Crippen LogP contribution < -0.4 is 26.9 Å². The van der Waals surface area contributed by atoms with Crippen LogP contribution in [0.3, 0.4) is 0 Å². The summed E-state index contributed by atoms with van der Waals surface area (Å²) in [7, 11) is 0. The van der Waals surface area contributed by atoms with Gasteiger partial charge in [-0.05, 0) is 24.3 Å². The monoisotopic (exact) mass is 226 g/mol. The summed E-state index contributed by atoms with van der Waals surface area (Å²) in [6.07, 6.45) is 0. The molecule has 7 nitrogen and oxygen atoms in total. The lowest BCUT2D eigenvalue weighted by Crippen LogP contribution is -2.47. The minimum absolute atomic E-state index is 0.0552. The van der Waals surface area contributed by atoms with E-state index in [1.54, 1.807) is 24.3 Å². The van der Waals surface area contributed by atoms with Gasteiger partial charge in [0.1, 0.15) is 12.4 Å². The van der Waals surface area contributed by atoms with E-state index in [1.807, 2.05) is 5.43 Å². The molecule has 0 heterocycles. The summed E-state index contributed by atoms with van der Waals surface area (Å²) in [5.74, 6) is 11.0. The number of amides is 2. The fourth-order valence-corrected chi connectivity index (χ4v) is 1.05.